The fourth-order valence-electron chi connectivity index (χ4n) is 2.51. The van der Waals surface area contributed by atoms with Crippen molar-refractivity contribution in [2.24, 2.45) is 17.6 Å². The van der Waals surface area contributed by atoms with Gasteiger partial charge in [-0.05, 0) is 55.2 Å². The summed E-state index contributed by atoms with van der Waals surface area (Å²) in [6.07, 6.45) is 7.36. The minimum absolute atomic E-state index is 0.0535. The van der Waals surface area contributed by atoms with E-state index in [1.54, 1.807) is 6.20 Å². The lowest BCUT2D eigenvalue weighted by Crippen LogP contribution is -2.28. The Hall–Kier alpha value is -1.42. The van der Waals surface area contributed by atoms with Crippen molar-refractivity contribution in [1.29, 1.82) is 5.41 Å². The molecule has 1 heterocycles. The number of rotatable bonds is 7. The van der Waals surface area contributed by atoms with E-state index in [0.717, 1.165) is 18.4 Å². The molecule has 0 aromatic carbocycles. The van der Waals surface area contributed by atoms with Gasteiger partial charge in [0.2, 0.25) is 0 Å². The van der Waals surface area contributed by atoms with Crippen molar-refractivity contribution in [3.63, 3.8) is 0 Å². The summed E-state index contributed by atoms with van der Waals surface area (Å²) in [5.41, 5.74) is 7.32. The second-order valence-corrected chi connectivity index (χ2v) is 6.04. The van der Waals surface area contributed by atoms with Crippen molar-refractivity contribution >= 4 is 5.84 Å². The van der Waals surface area contributed by atoms with E-state index in [4.69, 9.17) is 11.1 Å². The van der Waals surface area contributed by atoms with Crippen LogP contribution in [0.2, 0.25) is 0 Å². The molecule has 1 aromatic rings. The maximum Gasteiger partial charge on any atom is 0.141 e. The Bertz CT molecular complexity index is 449. The molecule has 3 rings (SSSR count). The van der Waals surface area contributed by atoms with Crippen molar-refractivity contribution < 1.29 is 0 Å². The van der Waals surface area contributed by atoms with Gasteiger partial charge in [-0.25, -0.2) is 0 Å². The molecular formula is C15H22N4. The zero-order chi connectivity index (χ0) is 13.2. The fraction of sp³-hybridized carbons (Fsp3) is 0.600. The molecule has 0 amide bonds. The topological polar surface area (TPSA) is 66.0 Å². The molecular weight excluding hydrogens is 236 g/mol. The third kappa shape index (κ3) is 3.77. The lowest BCUT2D eigenvalue weighted by atomic mass is 10.2. The minimum Gasteiger partial charge on any atom is -0.382 e. The first kappa shape index (κ1) is 12.6. The van der Waals surface area contributed by atoms with E-state index in [1.807, 2.05) is 12.1 Å². The number of nitrogens with zero attached hydrogens (tertiary/aromatic N) is 2. The van der Waals surface area contributed by atoms with Crippen LogP contribution < -0.4 is 5.73 Å². The van der Waals surface area contributed by atoms with Gasteiger partial charge in [0.1, 0.15) is 11.5 Å². The van der Waals surface area contributed by atoms with Crippen LogP contribution >= 0.6 is 0 Å². The van der Waals surface area contributed by atoms with Gasteiger partial charge in [-0.1, -0.05) is 0 Å². The minimum atomic E-state index is 0.0535. The highest BCUT2D eigenvalue weighted by atomic mass is 15.1. The summed E-state index contributed by atoms with van der Waals surface area (Å²) in [6, 6.07) is 3.99. The summed E-state index contributed by atoms with van der Waals surface area (Å²) in [6.45, 7) is 3.43. The van der Waals surface area contributed by atoms with E-state index in [2.05, 4.69) is 9.88 Å². The SMILES string of the molecule is N=C(N)c1cc(CN(CC2CC2)CC2CC2)ccn1. The molecule has 0 bridgehead atoms. The van der Waals surface area contributed by atoms with E-state index in [-0.39, 0.29) is 5.84 Å². The maximum atomic E-state index is 7.46. The number of aromatic nitrogens is 1. The van der Waals surface area contributed by atoms with Crippen LogP contribution in [0.5, 0.6) is 0 Å². The first-order chi connectivity index (χ1) is 9.20. The predicted molar refractivity (Wildman–Crippen MR) is 76.0 cm³/mol. The zero-order valence-electron chi connectivity index (χ0n) is 11.3. The average Bonchev–Trinajstić information content (AvgIpc) is 3.25. The molecule has 0 radical (unpaired) electrons. The third-order valence-electron chi connectivity index (χ3n) is 3.93. The zero-order valence-corrected chi connectivity index (χ0v) is 11.3. The number of nitrogen functional groups attached to an aromatic ring is 1. The van der Waals surface area contributed by atoms with Gasteiger partial charge in [-0.2, -0.15) is 0 Å². The Labute approximate surface area is 114 Å². The molecule has 0 spiro atoms. The molecule has 3 N–H and O–H groups in total. The molecule has 0 unspecified atom stereocenters. The van der Waals surface area contributed by atoms with E-state index in [0.29, 0.717) is 5.69 Å². The summed E-state index contributed by atoms with van der Waals surface area (Å²) >= 11 is 0. The lowest BCUT2D eigenvalue weighted by molar-refractivity contribution is 0.244. The Morgan fingerprint density at radius 1 is 1.26 bits per heavy atom. The van der Waals surface area contributed by atoms with E-state index >= 15 is 0 Å². The summed E-state index contributed by atoms with van der Waals surface area (Å²) in [5, 5.41) is 7.46. The highest BCUT2D eigenvalue weighted by molar-refractivity contribution is 5.93. The molecule has 0 atom stereocenters. The summed E-state index contributed by atoms with van der Waals surface area (Å²) in [5.74, 6) is 1.90. The second kappa shape index (κ2) is 5.29. The van der Waals surface area contributed by atoms with Gasteiger partial charge in [0.05, 0.1) is 0 Å². The van der Waals surface area contributed by atoms with Crippen LogP contribution in [-0.2, 0) is 6.54 Å². The van der Waals surface area contributed by atoms with Crippen LogP contribution in [-0.4, -0.2) is 28.8 Å². The van der Waals surface area contributed by atoms with E-state index in [9.17, 15) is 0 Å². The highest BCUT2D eigenvalue weighted by Crippen LogP contribution is 2.34. The molecule has 1 aromatic heterocycles. The molecule has 2 aliphatic rings. The number of hydrogen-bond acceptors (Lipinski definition) is 3. The molecule has 0 aliphatic heterocycles. The van der Waals surface area contributed by atoms with Crippen molar-refractivity contribution in [2.75, 3.05) is 13.1 Å². The number of hydrogen-bond donors (Lipinski definition) is 2. The molecule has 4 nitrogen and oxygen atoms in total. The van der Waals surface area contributed by atoms with Gasteiger partial charge < -0.3 is 5.73 Å². The third-order valence-corrected chi connectivity index (χ3v) is 3.93. The van der Waals surface area contributed by atoms with Crippen LogP contribution in [0.3, 0.4) is 0 Å². The number of pyridine rings is 1. The molecule has 2 fully saturated rings. The normalized spacial score (nSPS) is 18.8. The molecule has 2 saturated carbocycles. The predicted octanol–water partition coefficient (Wildman–Crippen LogP) is 1.99. The number of nitrogens with one attached hydrogen (secondary N) is 1. The molecule has 102 valence electrons. The van der Waals surface area contributed by atoms with Crippen molar-refractivity contribution in [1.82, 2.24) is 9.88 Å². The van der Waals surface area contributed by atoms with Gasteiger partial charge in [0.15, 0.2) is 0 Å². The molecule has 2 aliphatic carbocycles. The Morgan fingerprint density at radius 3 is 2.42 bits per heavy atom. The van der Waals surface area contributed by atoms with Crippen LogP contribution in [0.4, 0.5) is 0 Å². The standard InChI is InChI=1S/C15H22N4/c16-15(17)14-7-13(5-6-18-14)10-19(8-11-1-2-11)9-12-3-4-12/h5-7,11-12H,1-4,8-10H2,(H3,16,17). The Kier molecular flexibility index (Phi) is 3.51. The van der Waals surface area contributed by atoms with Crippen LogP contribution in [0.25, 0.3) is 0 Å². The largest absolute Gasteiger partial charge is 0.382 e. The quantitative estimate of drug-likeness (QED) is 0.580. The van der Waals surface area contributed by atoms with Gasteiger partial charge in [-0.15, -0.1) is 0 Å². The Morgan fingerprint density at radius 2 is 1.89 bits per heavy atom. The number of nitrogens with two attached hydrogens (primary N) is 1. The monoisotopic (exact) mass is 258 g/mol. The number of amidine groups is 1. The van der Waals surface area contributed by atoms with Gasteiger partial charge in [-0.3, -0.25) is 15.3 Å². The van der Waals surface area contributed by atoms with E-state index in [1.165, 1.54) is 44.3 Å². The first-order valence-electron chi connectivity index (χ1n) is 7.22. The second-order valence-electron chi connectivity index (χ2n) is 6.04. The van der Waals surface area contributed by atoms with Crippen LogP contribution in [0, 0.1) is 17.2 Å². The van der Waals surface area contributed by atoms with Crippen LogP contribution in [0.1, 0.15) is 36.9 Å². The molecule has 4 heteroatoms. The molecule has 19 heavy (non-hydrogen) atoms. The summed E-state index contributed by atoms with van der Waals surface area (Å²) < 4.78 is 0. The van der Waals surface area contributed by atoms with Crippen molar-refractivity contribution in [2.45, 2.75) is 32.2 Å². The fourth-order valence-corrected chi connectivity index (χ4v) is 2.51. The molecule has 0 saturated heterocycles. The maximum absolute atomic E-state index is 7.46. The van der Waals surface area contributed by atoms with Crippen molar-refractivity contribution in [3.05, 3.63) is 29.6 Å². The smallest absolute Gasteiger partial charge is 0.141 e. The van der Waals surface area contributed by atoms with Crippen molar-refractivity contribution in [3.8, 4) is 0 Å². The van der Waals surface area contributed by atoms with Gasteiger partial charge in [0, 0.05) is 25.8 Å². The highest BCUT2D eigenvalue weighted by Gasteiger charge is 2.29. The Balaban J connectivity index is 1.65. The van der Waals surface area contributed by atoms with Gasteiger partial charge >= 0.3 is 0 Å². The lowest BCUT2D eigenvalue weighted by Gasteiger charge is -2.22. The summed E-state index contributed by atoms with van der Waals surface area (Å²) in [4.78, 5) is 6.70. The van der Waals surface area contributed by atoms with Crippen LogP contribution in [0.15, 0.2) is 18.3 Å². The first-order valence-corrected chi connectivity index (χ1v) is 7.22. The van der Waals surface area contributed by atoms with E-state index < -0.39 is 0 Å². The summed E-state index contributed by atoms with van der Waals surface area (Å²) in [7, 11) is 0. The van der Waals surface area contributed by atoms with Gasteiger partial charge in [0.25, 0.3) is 0 Å². The average molecular weight is 258 g/mol.